The minimum atomic E-state index is 0. The Morgan fingerprint density at radius 1 is 1.16 bits per heavy atom. The van der Waals surface area contributed by atoms with Crippen LogP contribution in [-0.2, 0) is 5.41 Å². The van der Waals surface area contributed by atoms with Crippen molar-refractivity contribution >= 4 is 40.2 Å². The first kappa shape index (κ1) is 14.2. The fraction of sp³-hybridized carbons (Fsp3) is 0.600. The van der Waals surface area contributed by atoms with E-state index in [1.807, 2.05) is 6.07 Å². The zero-order chi connectivity index (χ0) is 12.3. The lowest BCUT2D eigenvalue weighted by Crippen LogP contribution is -2.40. The first-order valence-electron chi connectivity index (χ1n) is 6.88. The highest BCUT2D eigenvalue weighted by atomic mass is 79.9. The summed E-state index contributed by atoms with van der Waals surface area (Å²) in [6.07, 6.45) is 4.25. The van der Waals surface area contributed by atoms with Gasteiger partial charge in [-0.25, -0.2) is 0 Å². The standard InChI is InChI=1S/C15H17Cl2N.BrH/c16-13-4-3-11(6-14(13)17)15-8-18-7-12(15)9-1-2-10(15)5-9;/h3-4,6,9-10,12,18H,1-2,5,7-8H2;1H. The average molecular weight is 363 g/mol. The maximum atomic E-state index is 6.23. The van der Waals surface area contributed by atoms with Gasteiger partial charge < -0.3 is 5.32 Å². The molecule has 19 heavy (non-hydrogen) atoms. The smallest absolute Gasteiger partial charge is 0.0595 e. The molecule has 4 heteroatoms. The third-order valence-electron chi connectivity index (χ3n) is 5.67. The second kappa shape index (κ2) is 4.91. The number of fused-ring (bicyclic) bond motifs is 5. The number of halogens is 3. The van der Waals surface area contributed by atoms with Crippen molar-refractivity contribution in [1.82, 2.24) is 5.32 Å². The monoisotopic (exact) mass is 361 g/mol. The summed E-state index contributed by atoms with van der Waals surface area (Å²) < 4.78 is 0. The molecule has 3 fully saturated rings. The van der Waals surface area contributed by atoms with Crippen molar-refractivity contribution in [3.8, 4) is 0 Å². The van der Waals surface area contributed by atoms with Gasteiger partial charge in [-0.2, -0.15) is 0 Å². The molecule has 0 radical (unpaired) electrons. The summed E-state index contributed by atoms with van der Waals surface area (Å²) in [7, 11) is 0. The second-order valence-corrected chi connectivity index (χ2v) is 6.99. The Morgan fingerprint density at radius 2 is 2.00 bits per heavy atom. The van der Waals surface area contributed by atoms with E-state index in [1.165, 1.54) is 31.4 Å². The van der Waals surface area contributed by atoms with Gasteiger partial charge in [-0.05, 0) is 61.3 Å². The van der Waals surface area contributed by atoms with Gasteiger partial charge in [0.2, 0.25) is 0 Å². The molecule has 4 rings (SSSR count). The van der Waals surface area contributed by atoms with Crippen LogP contribution in [0.5, 0.6) is 0 Å². The summed E-state index contributed by atoms with van der Waals surface area (Å²) in [4.78, 5) is 0. The highest BCUT2D eigenvalue weighted by Crippen LogP contribution is 2.62. The molecular weight excluding hydrogens is 345 g/mol. The van der Waals surface area contributed by atoms with Crippen molar-refractivity contribution in [1.29, 1.82) is 0 Å². The molecule has 1 N–H and O–H groups in total. The fourth-order valence-corrected chi connectivity index (χ4v) is 5.27. The summed E-state index contributed by atoms with van der Waals surface area (Å²) in [5.41, 5.74) is 1.76. The lowest BCUT2D eigenvalue weighted by molar-refractivity contribution is 0.225. The van der Waals surface area contributed by atoms with Gasteiger partial charge in [0, 0.05) is 12.0 Å². The molecule has 1 aliphatic heterocycles. The normalized spacial score (nSPS) is 39.2. The maximum absolute atomic E-state index is 6.23. The van der Waals surface area contributed by atoms with Crippen molar-refractivity contribution in [3.63, 3.8) is 0 Å². The topological polar surface area (TPSA) is 12.0 Å². The summed E-state index contributed by atoms with van der Waals surface area (Å²) in [5.74, 6) is 2.59. The van der Waals surface area contributed by atoms with E-state index in [1.54, 1.807) is 0 Å². The van der Waals surface area contributed by atoms with E-state index in [0.29, 0.717) is 15.5 Å². The van der Waals surface area contributed by atoms with Crippen LogP contribution in [0.1, 0.15) is 24.8 Å². The summed E-state index contributed by atoms with van der Waals surface area (Å²) in [6.45, 7) is 2.30. The Bertz CT molecular complexity index is 507. The minimum absolute atomic E-state index is 0. The van der Waals surface area contributed by atoms with Crippen LogP contribution in [-0.4, -0.2) is 13.1 Å². The van der Waals surface area contributed by atoms with E-state index in [-0.39, 0.29) is 17.0 Å². The number of benzene rings is 1. The Morgan fingerprint density at radius 3 is 2.79 bits per heavy atom. The minimum Gasteiger partial charge on any atom is -0.316 e. The summed E-state index contributed by atoms with van der Waals surface area (Å²) >= 11 is 12.3. The Balaban J connectivity index is 0.00000110. The van der Waals surface area contributed by atoms with E-state index >= 15 is 0 Å². The summed E-state index contributed by atoms with van der Waals surface area (Å²) in [6, 6.07) is 6.29. The van der Waals surface area contributed by atoms with Gasteiger partial charge in [-0.3, -0.25) is 0 Å². The number of nitrogens with one attached hydrogen (secondary N) is 1. The first-order chi connectivity index (χ1) is 8.72. The first-order valence-corrected chi connectivity index (χ1v) is 7.63. The molecule has 1 nitrogen and oxygen atoms in total. The van der Waals surface area contributed by atoms with Crippen LogP contribution in [0, 0.1) is 17.8 Å². The van der Waals surface area contributed by atoms with Gasteiger partial charge >= 0.3 is 0 Å². The number of hydrogen-bond donors (Lipinski definition) is 1. The lowest BCUT2D eigenvalue weighted by atomic mass is 9.64. The van der Waals surface area contributed by atoms with Crippen LogP contribution in [0.3, 0.4) is 0 Å². The highest BCUT2D eigenvalue weighted by molar-refractivity contribution is 8.93. The van der Waals surface area contributed by atoms with Crippen LogP contribution in [0.25, 0.3) is 0 Å². The average Bonchev–Trinajstić information content (AvgIpc) is 3.02. The van der Waals surface area contributed by atoms with E-state index in [0.717, 1.165) is 24.3 Å². The Kier molecular flexibility index (Phi) is 3.66. The van der Waals surface area contributed by atoms with Crippen LogP contribution in [0.2, 0.25) is 10.0 Å². The van der Waals surface area contributed by atoms with Crippen LogP contribution < -0.4 is 5.32 Å². The van der Waals surface area contributed by atoms with Crippen molar-refractivity contribution in [2.24, 2.45) is 17.8 Å². The summed E-state index contributed by atoms with van der Waals surface area (Å²) in [5, 5.41) is 5.00. The van der Waals surface area contributed by atoms with E-state index in [2.05, 4.69) is 17.4 Å². The second-order valence-electron chi connectivity index (χ2n) is 6.18. The molecule has 0 aromatic heterocycles. The third kappa shape index (κ3) is 1.83. The molecule has 2 aliphatic carbocycles. The zero-order valence-corrected chi connectivity index (χ0v) is 13.9. The molecule has 1 aromatic carbocycles. The molecule has 4 unspecified atom stereocenters. The SMILES string of the molecule is Br.Clc1ccc(C23CNCC2C2CCC3C2)cc1Cl. The van der Waals surface area contributed by atoms with Gasteiger partial charge in [0.1, 0.15) is 0 Å². The molecular formula is C15H18BrCl2N. The molecule has 4 atom stereocenters. The molecule has 1 saturated heterocycles. The quantitative estimate of drug-likeness (QED) is 0.777. The molecule has 1 aromatic rings. The van der Waals surface area contributed by atoms with Crippen LogP contribution >= 0.6 is 40.2 Å². The number of rotatable bonds is 1. The van der Waals surface area contributed by atoms with E-state index in [9.17, 15) is 0 Å². The Labute approximate surface area is 134 Å². The molecule has 3 aliphatic rings. The molecule has 2 saturated carbocycles. The fourth-order valence-electron chi connectivity index (χ4n) is 4.97. The number of hydrogen-bond acceptors (Lipinski definition) is 1. The molecule has 104 valence electrons. The molecule has 0 spiro atoms. The zero-order valence-electron chi connectivity index (χ0n) is 10.7. The van der Waals surface area contributed by atoms with Gasteiger partial charge in [-0.15, -0.1) is 17.0 Å². The molecule has 2 bridgehead atoms. The van der Waals surface area contributed by atoms with Crippen LogP contribution in [0.4, 0.5) is 0 Å². The van der Waals surface area contributed by atoms with Crippen molar-refractivity contribution in [3.05, 3.63) is 33.8 Å². The highest BCUT2D eigenvalue weighted by Gasteiger charge is 2.60. The van der Waals surface area contributed by atoms with Crippen molar-refractivity contribution in [2.45, 2.75) is 24.7 Å². The van der Waals surface area contributed by atoms with Crippen molar-refractivity contribution in [2.75, 3.05) is 13.1 Å². The third-order valence-corrected chi connectivity index (χ3v) is 6.41. The van der Waals surface area contributed by atoms with Crippen LogP contribution in [0.15, 0.2) is 18.2 Å². The van der Waals surface area contributed by atoms with Gasteiger partial charge in [0.15, 0.2) is 0 Å². The van der Waals surface area contributed by atoms with E-state index in [4.69, 9.17) is 23.2 Å². The van der Waals surface area contributed by atoms with Gasteiger partial charge in [0.25, 0.3) is 0 Å². The maximum Gasteiger partial charge on any atom is 0.0595 e. The van der Waals surface area contributed by atoms with Crippen molar-refractivity contribution < 1.29 is 0 Å². The predicted octanol–water partition coefficient (Wildman–Crippen LogP) is 4.46. The molecule has 1 heterocycles. The van der Waals surface area contributed by atoms with E-state index < -0.39 is 0 Å². The predicted molar refractivity (Wildman–Crippen MR) is 85.7 cm³/mol. The van der Waals surface area contributed by atoms with Gasteiger partial charge in [-0.1, -0.05) is 29.3 Å². The molecule has 0 amide bonds. The lowest BCUT2D eigenvalue weighted by Gasteiger charge is -2.39. The van der Waals surface area contributed by atoms with Gasteiger partial charge in [0.05, 0.1) is 10.0 Å². The Hall–Kier alpha value is 0.240. The largest absolute Gasteiger partial charge is 0.316 e.